The zero-order valence-corrected chi connectivity index (χ0v) is 7.33. The fourth-order valence-corrected chi connectivity index (χ4v) is 1.14. The molecule has 0 rings (SSSR count). The highest BCUT2D eigenvalue weighted by Crippen LogP contribution is 1.95. The van der Waals surface area contributed by atoms with Crippen LogP contribution in [-0.4, -0.2) is 31.3 Å². The Morgan fingerprint density at radius 2 is 2.40 bits per heavy atom. The Morgan fingerprint density at radius 3 is 2.80 bits per heavy atom. The van der Waals surface area contributed by atoms with E-state index in [4.69, 9.17) is 0 Å². The van der Waals surface area contributed by atoms with Crippen LogP contribution in [0.3, 0.4) is 0 Å². The van der Waals surface area contributed by atoms with E-state index >= 15 is 0 Å². The molecule has 60 valence electrons. The summed E-state index contributed by atoms with van der Waals surface area (Å²) in [5.41, 5.74) is 0. The molecule has 0 heterocycles. The molecule has 1 unspecified atom stereocenters. The average Bonchev–Trinajstić information content (AvgIpc) is 1.88. The van der Waals surface area contributed by atoms with Crippen molar-refractivity contribution in [2.24, 2.45) is 0 Å². The summed E-state index contributed by atoms with van der Waals surface area (Å²) in [5, 5.41) is 2.65. The number of amides is 1. The first-order chi connectivity index (χ1) is 4.70. The maximum absolute atomic E-state index is 10.6. The second-order valence-corrected chi connectivity index (χ2v) is 2.90. The van der Waals surface area contributed by atoms with Gasteiger partial charge in [0.25, 0.3) is 0 Å². The van der Waals surface area contributed by atoms with Gasteiger partial charge in [0.05, 0.1) is 7.11 Å². The van der Waals surface area contributed by atoms with Crippen molar-refractivity contribution in [2.45, 2.75) is 13.0 Å². The number of rotatable bonds is 3. The summed E-state index contributed by atoms with van der Waals surface area (Å²) in [6.45, 7) is 1.94. The lowest BCUT2D eigenvalue weighted by atomic mass is 10.4. The lowest BCUT2D eigenvalue weighted by Gasteiger charge is -2.10. The number of carbonyl (C=O) groups is 1. The molecular weight excluding hydrogens is 150 g/mol. The van der Waals surface area contributed by atoms with Crippen LogP contribution in [-0.2, 0) is 4.74 Å². The first kappa shape index (κ1) is 9.62. The highest BCUT2D eigenvalue weighted by atomic mass is 32.2. The Hall–Kier alpha value is -0.380. The van der Waals surface area contributed by atoms with Crippen molar-refractivity contribution in [3.8, 4) is 0 Å². The van der Waals surface area contributed by atoms with E-state index in [-0.39, 0.29) is 12.1 Å². The predicted octanol–water partition coefficient (Wildman–Crippen LogP) is 1.09. The molecule has 0 aromatic carbocycles. The maximum Gasteiger partial charge on any atom is 0.407 e. The molecule has 0 aromatic heterocycles. The monoisotopic (exact) mass is 163 g/mol. The van der Waals surface area contributed by atoms with Gasteiger partial charge in [-0.2, -0.15) is 11.8 Å². The standard InChI is InChI=1S/C6H13NO2S/c1-5(4-10-3)7-6(8)9-2/h5H,4H2,1-3H3,(H,7,8). The van der Waals surface area contributed by atoms with Crippen molar-refractivity contribution in [3.63, 3.8) is 0 Å². The van der Waals surface area contributed by atoms with Gasteiger partial charge < -0.3 is 10.1 Å². The Morgan fingerprint density at radius 1 is 1.80 bits per heavy atom. The SMILES string of the molecule is COC(=O)NC(C)CSC. The van der Waals surface area contributed by atoms with Gasteiger partial charge in [0.1, 0.15) is 0 Å². The van der Waals surface area contributed by atoms with E-state index in [1.807, 2.05) is 13.2 Å². The summed E-state index contributed by atoms with van der Waals surface area (Å²) in [7, 11) is 1.36. The van der Waals surface area contributed by atoms with Gasteiger partial charge in [-0.1, -0.05) is 0 Å². The number of nitrogens with one attached hydrogen (secondary N) is 1. The van der Waals surface area contributed by atoms with Crippen LogP contribution in [0.15, 0.2) is 0 Å². The molecular formula is C6H13NO2S. The van der Waals surface area contributed by atoms with E-state index in [2.05, 4.69) is 10.1 Å². The molecule has 0 aromatic rings. The number of methoxy groups -OCH3 is 1. The number of hydrogen-bond donors (Lipinski definition) is 1. The Labute approximate surface area is 65.5 Å². The molecule has 3 nitrogen and oxygen atoms in total. The highest BCUT2D eigenvalue weighted by Gasteiger charge is 2.04. The normalized spacial score (nSPS) is 12.3. The van der Waals surface area contributed by atoms with Crippen LogP contribution >= 0.6 is 11.8 Å². The minimum atomic E-state index is -0.360. The molecule has 0 saturated heterocycles. The minimum Gasteiger partial charge on any atom is -0.453 e. The van der Waals surface area contributed by atoms with E-state index in [1.54, 1.807) is 11.8 Å². The van der Waals surface area contributed by atoms with E-state index in [1.165, 1.54) is 7.11 Å². The summed E-state index contributed by atoms with van der Waals surface area (Å²) in [6.07, 6.45) is 1.64. The first-order valence-corrected chi connectivity index (χ1v) is 4.43. The van der Waals surface area contributed by atoms with Gasteiger partial charge in [-0.15, -0.1) is 0 Å². The van der Waals surface area contributed by atoms with Crippen molar-refractivity contribution >= 4 is 17.9 Å². The lowest BCUT2D eigenvalue weighted by Crippen LogP contribution is -2.33. The quantitative estimate of drug-likeness (QED) is 0.677. The van der Waals surface area contributed by atoms with Crippen molar-refractivity contribution < 1.29 is 9.53 Å². The predicted molar refractivity (Wildman–Crippen MR) is 43.4 cm³/mol. The third-order valence-corrected chi connectivity index (χ3v) is 1.80. The summed E-state index contributed by atoms with van der Waals surface area (Å²) in [5.74, 6) is 0.912. The van der Waals surface area contributed by atoms with Crippen LogP contribution in [0.25, 0.3) is 0 Å². The summed E-state index contributed by atoms with van der Waals surface area (Å²) < 4.78 is 4.41. The minimum absolute atomic E-state index is 0.183. The second kappa shape index (κ2) is 5.41. The van der Waals surface area contributed by atoms with Crippen LogP contribution < -0.4 is 5.32 Å². The van der Waals surface area contributed by atoms with Crippen molar-refractivity contribution in [1.29, 1.82) is 0 Å². The number of carbonyl (C=O) groups excluding carboxylic acids is 1. The fourth-order valence-electron chi connectivity index (χ4n) is 0.552. The summed E-state index contributed by atoms with van der Waals surface area (Å²) >= 11 is 1.69. The van der Waals surface area contributed by atoms with E-state index in [0.717, 1.165) is 5.75 Å². The largest absolute Gasteiger partial charge is 0.453 e. The van der Waals surface area contributed by atoms with E-state index < -0.39 is 0 Å². The molecule has 4 heteroatoms. The lowest BCUT2D eigenvalue weighted by molar-refractivity contribution is 0.168. The molecule has 0 aliphatic carbocycles. The summed E-state index contributed by atoms with van der Waals surface area (Å²) in [6, 6.07) is 0.183. The average molecular weight is 163 g/mol. The molecule has 0 aliphatic heterocycles. The maximum atomic E-state index is 10.6. The van der Waals surface area contributed by atoms with Crippen molar-refractivity contribution in [1.82, 2.24) is 5.32 Å². The Bertz CT molecular complexity index is 108. The molecule has 0 saturated carbocycles. The second-order valence-electron chi connectivity index (χ2n) is 1.99. The first-order valence-electron chi connectivity index (χ1n) is 3.04. The number of alkyl carbamates (subject to hydrolysis) is 1. The van der Waals surface area contributed by atoms with E-state index in [9.17, 15) is 4.79 Å². The third kappa shape index (κ3) is 4.49. The number of ether oxygens (including phenoxy) is 1. The van der Waals surface area contributed by atoms with Crippen molar-refractivity contribution in [3.05, 3.63) is 0 Å². The van der Waals surface area contributed by atoms with Crippen LogP contribution in [0.5, 0.6) is 0 Å². The molecule has 0 aliphatic rings. The van der Waals surface area contributed by atoms with Gasteiger partial charge >= 0.3 is 6.09 Å². The summed E-state index contributed by atoms with van der Waals surface area (Å²) in [4.78, 5) is 10.6. The molecule has 1 N–H and O–H groups in total. The molecule has 0 radical (unpaired) electrons. The molecule has 1 amide bonds. The fraction of sp³-hybridized carbons (Fsp3) is 0.833. The van der Waals surface area contributed by atoms with Gasteiger partial charge in [0, 0.05) is 11.8 Å². The number of thioether (sulfide) groups is 1. The van der Waals surface area contributed by atoms with Gasteiger partial charge in [-0.3, -0.25) is 0 Å². The van der Waals surface area contributed by atoms with Gasteiger partial charge in [-0.05, 0) is 13.2 Å². The topological polar surface area (TPSA) is 38.3 Å². The molecule has 0 spiro atoms. The zero-order valence-electron chi connectivity index (χ0n) is 6.51. The third-order valence-electron chi connectivity index (χ3n) is 0.966. The smallest absolute Gasteiger partial charge is 0.407 e. The Balaban J connectivity index is 3.37. The van der Waals surface area contributed by atoms with Gasteiger partial charge in [0.15, 0.2) is 0 Å². The van der Waals surface area contributed by atoms with Crippen molar-refractivity contribution in [2.75, 3.05) is 19.1 Å². The molecule has 1 atom stereocenters. The van der Waals surface area contributed by atoms with Crippen LogP contribution in [0.1, 0.15) is 6.92 Å². The van der Waals surface area contributed by atoms with Gasteiger partial charge in [0.2, 0.25) is 0 Å². The molecule has 10 heavy (non-hydrogen) atoms. The van der Waals surface area contributed by atoms with Gasteiger partial charge in [-0.25, -0.2) is 4.79 Å². The highest BCUT2D eigenvalue weighted by molar-refractivity contribution is 7.98. The van der Waals surface area contributed by atoms with Crippen LogP contribution in [0, 0.1) is 0 Å². The Kier molecular flexibility index (Phi) is 5.20. The van der Waals surface area contributed by atoms with Crippen LogP contribution in [0.2, 0.25) is 0 Å². The molecule has 0 fully saturated rings. The zero-order chi connectivity index (χ0) is 7.98. The number of hydrogen-bond acceptors (Lipinski definition) is 3. The molecule has 0 bridgehead atoms. The van der Waals surface area contributed by atoms with Crippen LogP contribution in [0.4, 0.5) is 4.79 Å². The van der Waals surface area contributed by atoms with E-state index in [0.29, 0.717) is 0 Å².